The average molecular weight is 288 g/mol. The second kappa shape index (κ2) is 8.73. The minimum absolute atomic E-state index is 0. The summed E-state index contributed by atoms with van der Waals surface area (Å²) in [5.41, 5.74) is 1.48. The van der Waals surface area contributed by atoms with Gasteiger partial charge in [0.05, 0.1) is 19.8 Å². The second-order valence-electron chi connectivity index (χ2n) is 4.87. The Kier molecular flexibility index (Phi) is 7.67. The van der Waals surface area contributed by atoms with Crippen LogP contribution in [0.5, 0.6) is 11.5 Å². The Hall–Kier alpha value is -0.483. The quantitative estimate of drug-likeness (QED) is 0.598. The molecule has 0 heterocycles. The van der Waals surface area contributed by atoms with Crippen LogP contribution >= 0.6 is 8.58 Å². The van der Waals surface area contributed by atoms with Crippen LogP contribution in [0.2, 0.25) is 0 Å². The van der Waals surface area contributed by atoms with Gasteiger partial charge < -0.3 is 10.9 Å². The standard InChI is InChI=1S/C15H21O3P.Li.H/c1-17-11-8-9-13(14(10-11)18-2)15(16)19-12-6-4-3-5-7-12;;/h8-10,12,19H,3-7H2,1-2H3;;/q;+1;-1. The Bertz CT molecular complexity index is 451. The molecule has 0 radical (unpaired) electrons. The smallest absolute Gasteiger partial charge is 1.00 e. The molecule has 1 aliphatic carbocycles. The Labute approximate surface area is 136 Å². The Morgan fingerprint density at radius 1 is 1.20 bits per heavy atom. The summed E-state index contributed by atoms with van der Waals surface area (Å²) >= 11 is 0. The SMILES string of the molecule is COc1ccc(C(=O)PC2CCCCC2)c(OC)c1.[H-].[Li+]. The van der Waals surface area contributed by atoms with Crippen LogP contribution in [0.1, 0.15) is 43.9 Å². The zero-order valence-corrected chi connectivity index (χ0v) is 13.6. The number of methoxy groups -OCH3 is 2. The van der Waals surface area contributed by atoms with E-state index in [-0.39, 0.29) is 25.8 Å². The molecule has 0 spiro atoms. The van der Waals surface area contributed by atoms with Gasteiger partial charge in [0.2, 0.25) is 0 Å². The van der Waals surface area contributed by atoms with E-state index in [0.29, 0.717) is 25.6 Å². The fourth-order valence-electron chi connectivity index (χ4n) is 2.50. The first-order valence-corrected chi connectivity index (χ1v) is 7.85. The van der Waals surface area contributed by atoms with Gasteiger partial charge in [0.15, 0.2) is 5.52 Å². The van der Waals surface area contributed by atoms with Crippen molar-refractivity contribution >= 4 is 14.1 Å². The van der Waals surface area contributed by atoms with E-state index in [1.165, 1.54) is 32.1 Å². The van der Waals surface area contributed by atoms with E-state index in [9.17, 15) is 4.79 Å². The molecule has 0 bridgehead atoms. The van der Waals surface area contributed by atoms with Crippen LogP contribution in [0.4, 0.5) is 0 Å². The van der Waals surface area contributed by atoms with E-state index in [1.807, 2.05) is 12.1 Å². The van der Waals surface area contributed by atoms with E-state index >= 15 is 0 Å². The van der Waals surface area contributed by atoms with Crippen LogP contribution in [0, 0.1) is 0 Å². The summed E-state index contributed by atoms with van der Waals surface area (Å²) in [6.07, 6.45) is 6.25. The number of carbonyl (C=O) groups is 1. The molecule has 0 amide bonds. The maximum atomic E-state index is 12.4. The molecule has 1 aromatic rings. The number of hydrogen-bond donors (Lipinski definition) is 0. The molecule has 0 aliphatic heterocycles. The molecule has 5 heteroatoms. The van der Waals surface area contributed by atoms with Gasteiger partial charge in [-0.15, -0.1) is 0 Å². The number of carbonyl (C=O) groups excluding carboxylic acids is 1. The molecule has 0 aromatic heterocycles. The van der Waals surface area contributed by atoms with Gasteiger partial charge in [-0.1, -0.05) is 19.3 Å². The zero-order valence-electron chi connectivity index (χ0n) is 13.6. The summed E-state index contributed by atoms with van der Waals surface area (Å²) in [4.78, 5) is 12.4. The summed E-state index contributed by atoms with van der Waals surface area (Å²) in [5, 5.41) is 0. The van der Waals surface area contributed by atoms with Gasteiger partial charge in [-0.25, -0.2) is 0 Å². The Balaban J connectivity index is 0.00000200. The van der Waals surface area contributed by atoms with Crippen LogP contribution in [0.3, 0.4) is 0 Å². The zero-order chi connectivity index (χ0) is 13.7. The maximum absolute atomic E-state index is 12.4. The molecule has 106 valence electrons. The second-order valence-corrected chi connectivity index (χ2v) is 6.43. The fourth-order valence-corrected chi connectivity index (χ4v) is 3.93. The first-order chi connectivity index (χ1) is 9.24. The average Bonchev–Trinajstić information content (AvgIpc) is 2.47. The minimum Gasteiger partial charge on any atom is -1.00 e. The molecule has 3 nitrogen and oxygen atoms in total. The molecule has 0 saturated heterocycles. The Morgan fingerprint density at radius 3 is 2.50 bits per heavy atom. The van der Waals surface area contributed by atoms with Crippen LogP contribution in [-0.4, -0.2) is 25.4 Å². The molecule has 20 heavy (non-hydrogen) atoms. The van der Waals surface area contributed by atoms with E-state index in [2.05, 4.69) is 0 Å². The third-order valence-corrected chi connectivity index (χ3v) is 5.11. The predicted molar refractivity (Wildman–Crippen MR) is 80.2 cm³/mol. The van der Waals surface area contributed by atoms with Crippen LogP contribution in [0.15, 0.2) is 18.2 Å². The third-order valence-electron chi connectivity index (χ3n) is 3.59. The van der Waals surface area contributed by atoms with Gasteiger partial charge in [-0.05, 0) is 39.2 Å². The van der Waals surface area contributed by atoms with Gasteiger partial charge in [-0.3, -0.25) is 4.79 Å². The van der Waals surface area contributed by atoms with Crippen LogP contribution in [-0.2, 0) is 0 Å². The summed E-state index contributed by atoms with van der Waals surface area (Å²) in [6.45, 7) is 0. The predicted octanol–water partition coefficient (Wildman–Crippen LogP) is 0.972. The molecule has 1 fully saturated rings. The molecular formula is C15H22LiO3P. The molecule has 1 atom stereocenters. The topological polar surface area (TPSA) is 35.5 Å². The van der Waals surface area contributed by atoms with Gasteiger partial charge in [0.1, 0.15) is 11.5 Å². The maximum Gasteiger partial charge on any atom is 1.00 e. The van der Waals surface area contributed by atoms with E-state index in [0.717, 1.165) is 5.75 Å². The van der Waals surface area contributed by atoms with Gasteiger partial charge in [-0.2, -0.15) is 0 Å². The number of hydrogen-bond acceptors (Lipinski definition) is 3. The normalized spacial score (nSPS) is 15.9. The summed E-state index contributed by atoms with van der Waals surface area (Å²) < 4.78 is 10.5. The number of benzene rings is 1. The summed E-state index contributed by atoms with van der Waals surface area (Å²) in [6, 6.07) is 5.41. The van der Waals surface area contributed by atoms with Crippen molar-refractivity contribution in [3.63, 3.8) is 0 Å². The summed E-state index contributed by atoms with van der Waals surface area (Å²) in [7, 11) is 3.57. The van der Waals surface area contributed by atoms with Crippen molar-refractivity contribution in [1.82, 2.24) is 0 Å². The van der Waals surface area contributed by atoms with Crippen molar-refractivity contribution in [3.8, 4) is 11.5 Å². The van der Waals surface area contributed by atoms with Gasteiger partial charge >= 0.3 is 18.9 Å². The van der Waals surface area contributed by atoms with E-state index < -0.39 is 0 Å². The van der Waals surface area contributed by atoms with Crippen molar-refractivity contribution < 1.29 is 34.6 Å². The van der Waals surface area contributed by atoms with Crippen molar-refractivity contribution in [2.24, 2.45) is 0 Å². The number of rotatable bonds is 5. The molecule has 1 saturated carbocycles. The molecule has 1 aromatic carbocycles. The largest absolute Gasteiger partial charge is 1.00 e. The molecule has 2 rings (SSSR count). The molecule has 0 N–H and O–H groups in total. The summed E-state index contributed by atoms with van der Waals surface area (Å²) in [5.74, 6) is 1.34. The van der Waals surface area contributed by atoms with Gasteiger partial charge in [0, 0.05) is 6.07 Å². The van der Waals surface area contributed by atoms with Crippen LogP contribution in [0.25, 0.3) is 0 Å². The van der Waals surface area contributed by atoms with Crippen molar-refractivity contribution in [3.05, 3.63) is 23.8 Å². The van der Waals surface area contributed by atoms with E-state index in [4.69, 9.17) is 9.47 Å². The Morgan fingerprint density at radius 2 is 1.90 bits per heavy atom. The van der Waals surface area contributed by atoms with Crippen molar-refractivity contribution in [1.29, 1.82) is 0 Å². The molecular weight excluding hydrogens is 266 g/mol. The first-order valence-electron chi connectivity index (χ1n) is 6.77. The minimum atomic E-state index is 0. The number of ether oxygens (including phenoxy) is 2. The van der Waals surface area contributed by atoms with Crippen LogP contribution < -0.4 is 28.3 Å². The molecule has 1 unspecified atom stereocenters. The third kappa shape index (κ3) is 4.52. The fraction of sp³-hybridized carbons (Fsp3) is 0.533. The first kappa shape index (κ1) is 17.6. The van der Waals surface area contributed by atoms with E-state index in [1.54, 1.807) is 20.3 Å². The van der Waals surface area contributed by atoms with Crippen molar-refractivity contribution in [2.75, 3.05) is 14.2 Å². The monoisotopic (exact) mass is 288 g/mol. The van der Waals surface area contributed by atoms with Crippen molar-refractivity contribution in [2.45, 2.75) is 37.8 Å². The van der Waals surface area contributed by atoms with Gasteiger partial charge in [0.25, 0.3) is 0 Å². The molecule has 1 aliphatic rings.